The van der Waals surface area contributed by atoms with Crippen molar-refractivity contribution in [2.75, 3.05) is 6.54 Å². The second kappa shape index (κ2) is 6.31. The fourth-order valence-electron chi connectivity index (χ4n) is 2.99. The molecule has 2 rings (SSSR count). The highest BCUT2D eigenvalue weighted by atomic mass is 32.2. The first kappa shape index (κ1) is 16.9. The van der Waals surface area contributed by atoms with E-state index in [9.17, 15) is 18.5 Å². The van der Waals surface area contributed by atoms with Crippen LogP contribution in [0, 0.1) is 29.9 Å². The maximum atomic E-state index is 12.7. The Kier molecular flexibility index (Phi) is 4.84. The summed E-state index contributed by atoms with van der Waals surface area (Å²) in [4.78, 5) is 10.3. The second-order valence-corrected chi connectivity index (χ2v) is 7.42. The van der Waals surface area contributed by atoms with Gasteiger partial charge in [0.05, 0.1) is 4.92 Å². The molecule has 0 heterocycles. The minimum absolute atomic E-state index is 0.0824. The van der Waals surface area contributed by atoms with E-state index in [0.717, 1.165) is 12.8 Å². The van der Waals surface area contributed by atoms with Crippen LogP contribution in [0.3, 0.4) is 0 Å². The predicted octanol–water partition coefficient (Wildman–Crippen LogP) is 1.62. The first-order valence-corrected chi connectivity index (χ1v) is 8.73. The average Bonchev–Trinajstić information content (AvgIpc) is 2.87. The van der Waals surface area contributed by atoms with Crippen molar-refractivity contribution in [2.45, 2.75) is 44.0 Å². The van der Waals surface area contributed by atoms with E-state index < -0.39 is 20.6 Å². The molecule has 0 aliphatic heterocycles. The molecule has 0 radical (unpaired) electrons. The third-order valence-corrected chi connectivity index (χ3v) is 6.06. The van der Waals surface area contributed by atoms with Crippen LogP contribution in [0.25, 0.3) is 0 Å². The van der Waals surface area contributed by atoms with Gasteiger partial charge in [0, 0.05) is 12.1 Å². The van der Waals surface area contributed by atoms with E-state index in [2.05, 4.69) is 4.72 Å². The first-order valence-electron chi connectivity index (χ1n) is 7.25. The highest BCUT2D eigenvalue weighted by Gasteiger charge is 2.34. The van der Waals surface area contributed by atoms with Crippen molar-refractivity contribution in [3.63, 3.8) is 0 Å². The second-order valence-electron chi connectivity index (χ2n) is 5.77. The van der Waals surface area contributed by atoms with Gasteiger partial charge in [0.1, 0.15) is 0 Å². The molecule has 1 aromatic rings. The molecular formula is C14H21N3O4S. The summed E-state index contributed by atoms with van der Waals surface area (Å²) in [6.07, 6.45) is 2.49. The van der Waals surface area contributed by atoms with E-state index in [1.54, 1.807) is 19.9 Å². The van der Waals surface area contributed by atoms with E-state index in [1.807, 2.05) is 0 Å². The summed E-state index contributed by atoms with van der Waals surface area (Å²) in [6.45, 7) is 3.73. The molecule has 1 aromatic carbocycles. The van der Waals surface area contributed by atoms with Gasteiger partial charge in [0.25, 0.3) is 5.69 Å². The van der Waals surface area contributed by atoms with Gasteiger partial charge in [-0.3, -0.25) is 10.1 Å². The Morgan fingerprint density at radius 3 is 2.64 bits per heavy atom. The minimum Gasteiger partial charge on any atom is -0.330 e. The van der Waals surface area contributed by atoms with Crippen LogP contribution in [0.5, 0.6) is 0 Å². The summed E-state index contributed by atoms with van der Waals surface area (Å²) in [7, 11) is -3.96. The zero-order valence-electron chi connectivity index (χ0n) is 12.7. The number of hydrogen-bond acceptors (Lipinski definition) is 5. The molecule has 3 N–H and O–H groups in total. The molecule has 8 heteroatoms. The van der Waals surface area contributed by atoms with Gasteiger partial charge < -0.3 is 5.73 Å². The van der Waals surface area contributed by atoms with Crippen LogP contribution in [0.1, 0.15) is 30.4 Å². The molecule has 1 fully saturated rings. The predicted molar refractivity (Wildman–Crippen MR) is 83.1 cm³/mol. The summed E-state index contributed by atoms with van der Waals surface area (Å²) in [5.41, 5.74) is 6.39. The Hall–Kier alpha value is -1.51. The monoisotopic (exact) mass is 327 g/mol. The lowest BCUT2D eigenvalue weighted by Gasteiger charge is -2.20. The molecular weight excluding hydrogens is 306 g/mol. The van der Waals surface area contributed by atoms with E-state index >= 15 is 0 Å². The highest BCUT2D eigenvalue weighted by Crippen LogP contribution is 2.31. The first-order chi connectivity index (χ1) is 10.3. The third-order valence-electron chi connectivity index (χ3n) is 4.39. The van der Waals surface area contributed by atoms with Gasteiger partial charge in [-0.05, 0) is 50.3 Å². The normalized spacial score (nSPS) is 22.0. The number of nitrogens with two attached hydrogens (primary N) is 1. The third kappa shape index (κ3) is 3.13. The van der Waals surface area contributed by atoms with Gasteiger partial charge in [-0.15, -0.1) is 0 Å². The molecule has 0 bridgehead atoms. The molecule has 0 aromatic heterocycles. The molecule has 1 aliphatic rings. The van der Waals surface area contributed by atoms with E-state index in [0.29, 0.717) is 24.1 Å². The van der Waals surface area contributed by atoms with Crippen LogP contribution in [0.4, 0.5) is 5.69 Å². The maximum Gasteiger partial charge on any atom is 0.289 e. The van der Waals surface area contributed by atoms with Gasteiger partial charge in [-0.1, -0.05) is 12.5 Å². The van der Waals surface area contributed by atoms with Crippen molar-refractivity contribution in [3.8, 4) is 0 Å². The van der Waals surface area contributed by atoms with Crippen LogP contribution in [0.2, 0.25) is 0 Å². The number of hydrogen-bond donors (Lipinski definition) is 2. The fraction of sp³-hybridized carbons (Fsp3) is 0.571. The largest absolute Gasteiger partial charge is 0.330 e. The van der Waals surface area contributed by atoms with Gasteiger partial charge in [0.15, 0.2) is 4.90 Å². The molecule has 1 saturated carbocycles. The molecule has 2 atom stereocenters. The zero-order valence-corrected chi connectivity index (χ0v) is 13.5. The summed E-state index contributed by atoms with van der Waals surface area (Å²) < 4.78 is 28.0. The van der Waals surface area contributed by atoms with Crippen LogP contribution in [-0.4, -0.2) is 25.9 Å². The van der Waals surface area contributed by atoms with Crippen molar-refractivity contribution < 1.29 is 13.3 Å². The summed E-state index contributed by atoms with van der Waals surface area (Å²) in [5.74, 6) is 0.0824. The SMILES string of the molecule is Cc1ccc([N+](=O)[O-])c(S(=O)(=O)NC2CCCC2CN)c1C. The highest BCUT2D eigenvalue weighted by molar-refractivity contribution is 7.89. The maximum absolute atomic E-state index is 12.7. The lowest BCUT2D eigenvalue weighted by atomic mass is 10.1. The zero-order chi connectivity index (χ0) is 16.5. The number of nitrogens with zero attached hydrogens (tertiary/aromatic N) is 1. The van der Waals surface area contributed by atoms with Crippen LogP contribution >= 0.6 is 0 Å². The summed E-state index contributed by atoms with van der Waals surface area (Å²) >= 11 is 0. The number of aryl methyl sites for hydroxylation is 1. The van der Waals surface area contributed by atoms with Crippen LogP contribution in [-0.2, 0) is 10.0 Å². The van der Waals surface area contributed by atoms with Gasteiger partial charge in [0.2, 0.25) is 10.0 Å². The quantitative estimate of drug-likeness (QED) is 0.630. The van der Waals surface area contributed by atoms with Crippen molar-refractivity contribution in [1.29, 1.82) is 0 Å². The number of nitrogens with one attached hydrogen (secondary N) is 1. The molecule has 0 spiro atoms. The molecule has 22 heavy (non-hydrogen) atoms. The van der Waals surface area contributed by atoms with Crippen molar-refractivity contribution in [2.24, 2.45) is 11.7 Å². The lowest BCUT2D eigenvalue weighted by molar-refractivity contribution is -0.387. The molecule has 7 nitrogen and oxygen atoms in total. The average molecular weight is 327 g/mol. The van der Waals surface area contributed by atoms with Crippen LogP contribution < -0.4 is 10.5 Å². The van der Waals surface area contributed by atoms with E-state index in [1.165, 1.54) is 6.07 Å². The number of benzene rings is 1. The van der Waals surface area contributed by atoms with Crippen molar-refractivity contribution in [3.05, 3.63) is 33.4 Å². The smallest absolute Gasteiger partial charge is 0.289 e. The number of nitro groups is 1. The molecule has 1 aliphatic carbocycles. The lowest BCUT2D eigenvalue weighted by Crippen LogP contribution is -2.40. The van der Waals surface area contributed by atoms with Gasteiger partial charge in [-0.25, -0.2) is 13.1 Å². The molecule has 122 valence electrons. The number of sulfonamides is 1. The number of nitro benzene ring substituents is 1. The van der Waals surface area contributed by atoms with Gasteiger partial charge in [-0.2, -0.15) is 0 Å². The minimum atomic E-state index is -3.96. The van der Waals surface area contributed by atoms with E-state index in [-0.39, 0.29) is 16.9 Å². The molecule has 2 unspecified atom stereocenters. The standard InChI is InChI=1S/C14H21N3O4S/c1-9-6-7-13(17(18)19)14(10(9)2)22(20,21)16-12-5-3-4-11(12)8-15/h6-7,11-12,16H,3-5,8,15H2,1-2H3. The Morgan fingerprint density at radius 1 is 1.36 bits per heavy atom. The Balaban J connectivity index is 2.45. The topological polar surface area (TPSA) is 115 Å². The Bertz CT molecular complexity index is 688. The van der Waals surface area contributed by atoms with Gasteiger partial charge >= 0.3 is 0 Å². The Morgan fingerprint density at radius 2 is 2.05 bits per heavy atom. The van der Waals surface area contributed by atoms with Crippen molar-refractivity contribution >= 4 is 15.7 Å². The number of rotatable bonds is 5. The fourth-order valence-corrected chi connectivity index (χ4v) is 4.80. The van der Waals surface area contributed by atoms with Crippen molar-refractivity contribution in [1.82, 2.24) is 4.72 Å². The van der Waals surface area contributed by atoms with Crippen LogP contribution in [0.15, 0.2) is 17.0 Å². The summed E-state index contributed by atoms with van der Waals surface area (Å²) in [5, 5.41) is 11.2. The van der Waals surface area contributed by atoms with E-state index in [4.69, 9.17) is 5.73 Å². The summed E-state index contributed by atoms with van der Waals surface area (Å²) in [6, 6.07) is 2.55. The molecule has 0 amide bonds. The Labute approximate surface area is 130 Å². The molecule has 0 saturated heterocycles.